The van der Waals surface area contributed by atoms with Gasteiger partial charge in [-0.3, -0.25) is 14.5 Å². The molecule has 0 saturated carbocycles. The maximum Gasteiger partial charge on any atom is 0.191 e. The Morgan fingerprint density at radius 2 is 1.59 bits per heavy atom. The highest BCUT2D eigenvalue weighted by Gasteiger charge is 2.36. The van der Waals surface area contributed by atoms with E-state index in [2.05, 4.69) is 44.9 Å². The maximum atomic E-state index is 13.1. The van der Waals surface area contributed by atoms with Crippen molar-refractivity contribution in [3.63, 3.8) is 0 Å². The second-order valence-corrected chi connectivity index (χ2v) is 8.39. The van der Waals surface area contributed by atoms with Crippen LogP contribution in [0.4, 0.5) is 0 Å². The van der Waals surface area contributed by atoms with Crippen molar-refractivity contribution in [1.29, 1.82) is 0 Å². The van der Waals surface area contributed by atoms with Gasteiger partial charge in [0.05, 0.1) is 0 Å². The molecule has 2 rings (SSSR count). The maximum absolute atomic E-state index is 13.1. The smallest absolute Gasteiger partial charge is 0.191 e. The third kappa shape index (κ3) is 4.72. The summed E-state index contributed by atoms with van der Waals surface area (Å²) >= 11 is 0. The number of hydrogen-bond donors (Lipinski definition) is 0. The van der Waals surface area contributed by atoms with Crippen molar-refractivity contribution in [2.45, 2.75) is 41.5 Å². The van der Waals surface area contributed by atoms with Gasteiger partial charge in [-0.15, -0.1) is 0 Å². The first-order valence-electron chi connectivity index (χ1n) is 9.44. The van der Waals surface area contributed by atoms with Gasteiger partial charge in [0.2, 0.25) is 0 Å². The van der Waals surface area contributed by atoms with E-state index in [0.717, 1.165) is 13.1 Å². The fourth-order valence-corrected chi connectivity index (χ4v) is 3.84. The third-order valence-electron chi connectivity index (χ3n) is 4.94. The number of nitrogens with zero attached hydrogens (tertiary/aromatic N) is 1. The lowest BCUT2D eigenvalue weighted by atomic mass is 9.72. The predicted octanol–water partition coefficient (Wildman–Crippen LogP) is 5.25. The molecule has 0 saturated heterocycles. The number of allylic oxidation sites excluding steroid dienone is 4. The molecule has 0 radical (unpaired) electrons. The first-order chi connectivity index (χ1) is 12.5. The van der Waals surface area contributed by atoms with Crippen molar-refractivity contribution < 1.29 is 9.59 Å². The molecule has 0 N–H and O–H groups in total. The molecule has 144 valence electrons. The van der Waals surface area contributed by atoms with Gasteiger partial charge in [-0.05, 0) is 34.7 Å². The van der Waals surface area contributed by atoms with Gasteiger partial charge in [-0.1, -0.05) is 61.4 Å². The molecule has 0 spiro atoms. The second kappa shape index (κ2) is 8.18. The summed E-state index contributed by atoms with van der Waals surface area (Å²) in [4.78, 5) is 28.2. The number of carbonyl (C=O) groups excluding carboxylic acids is 2. The van der Waals surface area contributed by atoms with Crippen molar-refractivity contribution in [3.8, 4) is 0 Å². The van der Waals surface area contributed by atoms with E-state index in [9.17, 15) is 9.59 Å². The summed E-state index contributed by atoms with van der Waals surface area (Å²) in [6.07, 6.45) is 4.33. The minimum Gasteiger partial charge on any atom is -0.299 e. The number of rotatable bonds is 6. The third-order valence-corrected chi connectivity index (χ3v) is 4.94. The number of likely N-dealkylation sites (N-methyl/N-ethyl adjacent to an activating group) is 1. The molecule has 0 aliphatic heterocycles. The van der Waals surface area contributed by atoms with E-state index in [-0.39, 0.29) is 11.6 Å². The number of Topliss-reactive ketones (excluding diaryl/α,β-unsaturated/α-hetero) is 2. The highest BCUT2D eigenvalue weighted by atomic mass is 16.1. The fraction of sp³-hybridized carbons (Fsp3) is 0.417. The summed E-state index contributed by atoms with van der Waals surface area (Å²) in [5.74, 6) is -0.0744. The average Bonchev–Trinajstić information content (AvgIpc) is 2.57. The van der Waals surface area contributed by atoms with Crippen LogP contribution in [0.2, 0.25) is 0 Å². The van der Waals surface area contributed by atoms with E-state index in [1.54, 1.807) is 25.1 Å². The SMILES string of the molecule is CC(C)=CCN(C)C/C(C)=C/C(C)(C)C1=C(C)C(=O)c2ccccc2C1=O. The molecule has 0 amide bonds. The van der Waals surface area contributed by atoms with Crippen LogP contribution in [0.1, 0.15) is 62.3 Å². The summed E-state index contributed by atoms with van der Waals surface area (Å²) in [5, 5.41) is 0. The van der Waals surface area contributed by atoms with E-state index in [1.165, 1.54) is 11.1 Å². The fourth-order valence-electron chi connectivity index (χ4n) is 3.84. The van der Waals surface area contributed by atoms with Gasteiger partial charge in [0.15, 0.2) is 11.6 Å². The summed E-state index contributed by atoms with van der Waals surface area (Å²) in [7, 11) is 2.08. The summed E-state index contributed by atoms with van der Waals surface area (Å²) in [5.41, 5.74) is 4.18. The van der Waals surface area contributed by atoms with E-state index in [4.69, 9.17) is 0 Å². The quantitative estimate of drug-likeness (QED) is 0.646. The summed E-state index contributed by atoms with van der Waals surface area (Å²) in [6, 6.07) is 7.11. The monoisotopic (exact) mass is 365 g/mol. The van der Waals surface area contributed by atoms with Crippen LogP contribution in [0.3, 0.4) is 0 Å². The van der Waals surface area contributed by atoms with Crippen molar-refractivity contribution in [2.24, 2.45) is 5.41 Å². The Labute approximate surface area is 163 Å². The lowest BCUT2D eigenvalue weighted by Crippen LogP contribution is -2.29. The molecule has 0 heterocycles. The predicted molar refractivity (Wildman–Crippen MR) is 112 cm³/mol. The molecule has 0 aromatic heterocycles. The minimum absolute atomic E-state index is 0.0327. The molecule has 27 heavy (non-hydrogen) atoms. The Kier molecular flexibility index (Phi) is 6.38. The molecule has 3 nitrogen and oxygen atoms in total. The lowest BCUT2D eigenvalue weighted by Gasteiger charge is -2.30. The molecule has 3 heteroatoms. The van der Waals surface area contributed by atoms with E-state index in [1.807, 2.05) is 19.9 Å². The first-order valence-corrected chi connectivity index (χ1v) is 9.44. The molecule has 1 aliphatic carbocycles. The molecule has 1 aliphatic rings. The van der Waals surface area contributed by atoms with Crippen LogP contribution in [-0.4, -0.2) is 36.6 Å². The van der Waals surface area contributed by atoms with Crippen molar-refractivity contribution >= 4 is 11.6 Å². The molecular formula is C24H31NO2. The number of benzene rings is 1. The van der Waals surface area contributed by atoms with Crippen LogP contribution < -0.4 is 0 Å². The zero-order chi connectivity index (χ0) is 20.4. The summed E-state index contributed by atoms with van der Waals surface area (Å²) < 4.78 is 0. The van der Waals surface area contributed by atoms with Crippen LogP contribution in [0.5, 0.6) is 0 Å². The Bertz CT molecular complexity index is 849. The van der Waals surface area contributed by atoms with Gasteiger partial charge in [0.1, 0.15) is 0 Å². The van der Waals surface area contributed by atoms with E-state index < -0.39 is 5.41 Å². The van der Waals surface area contributed by atoms with Gasteiger partial charge in [-0.25, -0.2) is 0 Å². The summed E-state index contributed by atoms with van der Waals surface area (Å²) in [6.45, 7) is 13.8. The Morgan fingerprint density at radius 1 is 1.04 bits per heavy atom. The lowest BCUT2D eigenvalue weighted by molar-refractivity contribution is 0.0960. The number of ketones is 2. The minimum atomic E-state index is -0.508. The van der Waals surface area contributed by atoms with E-state index in [0.29, 0.717) is 22.3 Å². The van der Waals surface area contributed by atoms with E-state index >= 15 is 0 Å². The zero-order valence-corrected chi connectivity index (χ0v) is 17.6. The van der Waals surface area contributed by atoms with Crippen LogP contribution in [0, 0.1) is 5.41 Å². The number of hydrogen-bond acceptors (Lipinski definition) is 3. The van der Waals surface area contributed by atoms with Crippen molar-refractivity contribution in [2.75, 3.05) is 20.1 Å². The standard InChI is InChI=1S/C24H31NO2/c1-16(2)12-13-25(7)15-17(3)14-24(5,6)21-18(4)22(26)19-10-8-9-11-20(19)23(21)27/h8-12,14H,13,15H2,1-7H3/b17-14+. The normalized spacial score (nSPS) is 15.3. The molecule has 1 aromatic rings. The van der Waals surface area contributed by atoms with Gasteiger partial charge in [0.25, 0.3) is 0 Å². The molecule has 0 fully saturated rings. The number of fused-ring (bicyclic) bond motifs is 1. The molecular weight excluding hydrogens is 334 g/mol. The Morgan fingerprint density at radius 3 is 2.15 bits per heavy atom. The van der Waals surface area contributed by atoms with Crippen molar-refractivity contribution in [1.82, 2.24) is 4.90 Å². The van der Waals surface area contributed by atoms with Crippen molar-refractivity contribution in [3.05, 3.63) is 69.8 Å². The average molecular weight is 366 g/mol. The van der Waals surface area contributed by atoms with Gasteiger partial charge in [-0.2, -0.15) is 0 Å². The largest absolute Gasteiger partial charge is 0.299 e. The van der Waals surface area contributed by atoms with Gasteiger partial charge >= 0.3 is 0 Å². The Hall–Kier alpha value is -2.26. The first kappa shape index (κ1) is 21.0. The molecule has 0 bridgehead atoms. The van der Waals surface area contributed by atoms with Crippen LogP contribution in [0.25, 0.3) is 0 Å². The highest BCUT2D eigenvalue weighted by Crippen LogP contribution is 2.38. The van der Waals surface area contributed by atoms with Gasteiger partial charge < -0.3 is 0 Å². The number of carbonyl (C=O) groups is 2. The van der Waals surface area contributed by atoms with Crippen LogP contribution in [0.15, 0.2) is 58.7 Å². The molecule has 0 atom stereocenters. The molecule has 1 aromatic carbocycles. The zero-order valence-electron chi connectivity index (χ0n) is 17.6. The van der Waals surface area contributed by atoms with Gasteiger partial charge in [0, 0.05) is 40.8 Å². The second-order valence-electron chi connectivity index (χ2n) is 8.39. The van der Waals surface area contributed by atoms with Crippen LogP contribution >= 0.6 is 0 Å². The topological polar surface area (TPSA) is 37.4 Å². The molecule has 0 unspecified atom stereocenters. The highest BCUT2D eigenvalue weighted by molar-refractivity contribution is 6.27. The Balaban J connectivity index is 2.32. The van der Waals surface area contributed by atoms with Crippen LogP contribution in [-0.2, 0) is 0 Å².